The van der Waals surface area contributed by atoms with E-state index in [-0.39, 0.29) is 11.9 Å². The number of nitrogens with zero attached hydrogens (tertiary/aromatic N) is 1. The fraction of sp³-hybridized carbons (Fsp3) is 0.150. The van der Waals surface area contributed by atoms with E-state index in [1.165, 1.54) is 22.2 Å². The molecule has 1 unspecified atom stereocenters. The molecule has 1 atom stereocenters. The molecule has 116 valence electrons. The van der Waals surface area contributed by atoms with Gasteiger partial charge in [0.1, 0.15) is 5.70 Å². The summed E-state index contributed by atoms with van der Waals surface area (Å²) in [6.07, 6.45) is 0.931. The van der Waals surface area contributed by atoms with E-state index in [0.29, 0.717) is 6.54 Å². The van der Waals surface area contributed by atoms with Crippen molar-refractivity contribution in [3.05, 3.63) is 71.0 Å². The summed E-state index contributed by atoms with van der Waals surface area (Å²) in [5.74, 6) is 0.0441. The van der Waals surface area contributed by atoms with Crippen molar-refractivity contribution in [1.29, 1.82) is 0 Å². The van der Waals surface area contributed by atoms with Crippen LogP contribution in [-0.4, -0.2) is 17.4 Å². The van der Waals surface area contributed by atoms with E-state index in [1.807, 2.05) is 0 Å². The fourth-order valence-electron chi connectivity index (χ4n) is 4.57. The standard InChI is InChI=1S/C20H15N3O/c24-20-19-13(10-21-20)17-12-6-2-3-7-14(12)22-18(17)16-9-11-5-1-4-8-15(11)23(16)19/h1-8,16,22H,9-10H2,(H,21,24). The molecule has 0 aliphatic carbocycles. The first-order valence-electron chi connectivity index (χ1n) is 8.32. The molecule has 4 nitrogen and oxygen atoms in total. The van der Waals surface area contributed by atoms with Crippen LogP contribution in [0.15, 0.2) is 54.2 Å². The largest absolute Gasteiger partial charge is 0.356 e. The van der Waals surface area contributed by atoms with Crippen LogP contribution in [0.1, 0.15) is 22.9 Å². The number of anilines is 1. The zero-order valence-corrected chi connectivity index (χ0v) is 13.0. The summed E-state index contributed by atoms with van der Waals surface area (Å²) >= 11 is 0. The number of amides is 1. The summed E-state index contributed by atoms with van der Waals surface area (Å²) in [4.78, 5) is 18.5. The Morgan fingerprint density at radius 1 is 1.04 bits per heavy atom. The van der Waals surface area contributed by atoms with E-state index in [1.54, 1.807) is 0 Å². The fourth-order valence-corrected chi connectivity index (χ4v) is 4.57. The average molecular weight is 313 g/mol. The Morgan fingerprint density at radius 3 is 2.83 bits per heavy atom. The van der Waals surface area contributed by atoms with Gasteiger partial charge in [0.2, 0.25) is 0 Å². The molecule has 1 amide bonds. The number of hydrogen-bond acceptors (Lipinski definition) is 2. The molecule has 3 aliphatic heterocycles. The summed E-state index contributed by atoms with van der Waals surface area (Å²) in [6, 6.07) is 17.0. The third kappa shape index (κ3) is 1.33. The molecule has 0 bridgehead atoms. The molecule has 24 heavy (non-hydrogen) atoms. The molecular weight excluding hydrogens is 298 g/mol. The molecule has 0 saturated carbocycles. The first-order chi connectivity index (χ1) is 11.8. The van der Waals surface area contributed by atoms with Crippen LogP contribution >= 0.6 is 0 Å². The van der Waals surface area contributed by atoms with Crippen LogP contribution in [0.4, 0.5) is 5.69 Å². The molecule has 1 aromatic heterocycles. The number of nitrogens with one attached hydrogen (secondary N) is 2. The molecule has 0 radical (unpaired) electrons. The lowest BCUT2D eigenvalue weighted by molar-refractivity contribution is -0.116. The normalized spacial score (nSPS) is 20.8. The van der Waals surface area contributed by atoms with E-state index in [2.05, 4.69) is 63.7 Å². The summed E-state index contributed by atoms with van der Waals surface area (Å²) in [7, 11) is 0. The van der Waals surface area contributed by atoms with Gasteiger partial charge in [-0.1, -0.05) is 36.4 Å². The summed E-state index contributed by atoms with van der Waals surface area (Å²) in [5.41, 5.74) is 8.04. The first-order valence-corrected chi connectivity index (χ1v) is 8.32. The van der Waals surface area contributed by atoms with Crippen molar-refractivity contribution in [2.45, 2.75) is 12.5 Å². The monoisotopic (exact) mass is 313 g/mol. The molecule has 3 aliphatic rings. The van der Waals surface area contributed by atoms with E-state index >= 15 is 0 Å². The van der Waals surface area contributed by atoms with Crippen LogP contribution in [-0.2, 0) is 11.2 Å². The molecule has 0 saturated heterocycles. The van der Waals surface area contributed by atoms with Crippen LogP contribution in [0, 0.1) is 0 Å². The Labute approximate surface area is 138 Å². The summed E-state index contributed by atoms with van der Waals surface area (Å²) in [6.45, 7) is 0.606. The maximum Gasteiger partial charge on any atom is 0.268 e. The molecule has 4 heteroatoms. The maximum atomic E-state index is 12.6. The van der Waals surface area contributed by atoms with Gasteiger partial charge < -0.3 is 15.2 Å². The van der Waals surface area contributed by atoms with Gasteiger partial charge in [-0.15, -0.1) is 0 Å². The van der Waals surface area contributed by atoms with Crippen molar-refractivity contribution >= 4 is 28.1 Å². The zero-order chi connectivity index (χ0) is 15.8. The molecule has 4 heterocycles. The highest BCUT2D eigenvalue weighted by Crippen LogP contribution is 2.51. The van der Waals surface area contributed by atoms with Crippen LogP contribution in [0.25, 0.3) is 16.5 Å². The minimum Gasteiger partial charge on any atom is -0.356 e. The number of carbonyl (C=O) groups excluding carboxylic acids is 1. The molecular formula is C20H15N3O. The minimum atomic E-state index is 0.0441. The average Bonchev–Trinajstić information content (AvgIpc) is 3.27. The SMILES string of the molecule is O=C1NCC2=C1N1c3ccccc3CC1c1[nH]c3ccccc3c12. The van der Waals surface area contributed by atoms with Gasteiger partial charge in [0.05, 0.1) is 6.04 Å². The number of aromatic nitrogens is 1. The molecule has 0 spiro atoms. The number of hydrogen-bond donors (Lipinski definition) is 2. The molecule has 6 rings (SSSR count). The summed E-state index contributed by atoms with van der Waals surface area (Å²) < 4.78 is 0. The van der Waals surface area contributed by atoms with Gasteiger partial charge in [0, 0.05) is 46.4 Å². The predicted octanol–water partition coefficient (Wildman–Crippen LogP) is 3.13. The van der Waals surface area contributed by atoms with E-state index in [0.717, 1.165) is 28.9 Å². The Bertz CT molecular complexity index is 1080. The summed E-state index contributed by atoms with van der Waals surface area (Å²) in [5, 5.41) is 4.25. The number of benzene rings is 2. The second-order valence-electron chi connectivity index (χ2n) is 6.69. The number of fused-ring (bicyclic) bond motifs is 9. The highest BCUT2D eigenvalue weighted by Gasteiger charge is 2.45. The van der Waals surface area contributed by atoms with Gasteiger partial charge in [-0.2, -0.15) is 0 Å². The van der Waals surface area contributed by atoms with E-state index in [4.69, 9.17) is 0 Å². The second-order valence-corrected chi connectivity index (χ2v) is 6.69. The smallest absolute Gasteiger partial charge is 0.268 e. The number of rotatable bonds is 0. The molecule has 2 N–H and O–H groups in total. The highest BCUT2D eigenvalue weighted by atomic mass is 16.2. The van der Waals surface area contributed by atoms with Gasteiger partial charge in [0.25, 0.3) is 5.91 Å². The number of para-hydroxylation sites is 2. The maximum absolute atomic E-state index is 12.6. The van der Waals surface area contributed by atoms with Gasteiger partial charge in [0.15, 0.2) is 0 Å². The Balaban J connectivity index is 1.72. The molecule has 2 aromatic carbocycles. The van der Waals surface area contributed by atoms with Crippen molar-refractivity contribution < 1.29 is 4.79 Å². The van der Waals surface area contributed by atoms with E-state index in [9.17, 15) is 4.79 Å². The lowest BCUT2D eigenvalue weighted by atomic mass is 9.92. The van der Waals surface area contributed by atoms with E-state index < -0.39 is 0 Å². The van der Waals surface area contributed by atoms with Crippen molar-refractivity contribution in [2.75, 3.05) is 11.4 Å². The molecule has 3 aromatic rings. The zero-order valence-electron chi connectivity index (χ0n) is 13.0. The number of carbonyl (C=O) groups is 1. The van der Waals surface area contributed by atoms with Crippen LogP contribution in [0.5, 0.6) is 0 Å². The molecule has 0 fully saturated rings. The topological polar surface area (TPSA) is 48.1 Å². The Kier molecular flexibility index (Phi) is 2.12. The first kappa shape index (κ1) is 12.4. The number of H-pyrrole nitrogens is 1. The van der Waals surface area contributed by atoms with Gasteiger partial charge >= 0.3 is 0 Å². The third-order valence-corrected chi connectivity index (χ3v) is 5.51. The van der Waals surface area contributed by atoms with Crippen LogP contribution in [0.2, 0.25) is 0 Å². The van der Waals surface area contributed by atoms with Crippen LogP contribution < -0.4 is 10.2 Å². The van der Waals surface area contributed by atoms with Gasteiger partial charge in [-0.05, 0) is 17.7 Å². The van der Waals surface area contributed by atoms with Gasteiger partial charge in [-0.3, -0.25) is 4.79 Å². The van der Waals surface area contributed by atoms with Gasteiger partial charge in [-0.25, -0.2) is 0 Å². The number of aromatic amines is 1. The lowest BCUT2D eigenvalue weighted by Crippen LogP contribution is -2.33. The van der Waals surface area contributed by atoms with Crippen molar-refractivity contribution in [1.82, 2.24) is 10.3 Å². The minimum absolute atomic E-state index is 0.0441. The quantitative estimate of drug-likeness (QED) is 0.670. The predicted molar refractivity (Wildman–Crippen MR) is 93.6 cm³/mol. The second kappa shape index (κ2) is 4.09. The lowest BCUT2D eigenvalue weighted by Gasteiger charge is -2.32. The highest BCUT2D eigenvalue weighted by molar-refractivity contribution is 6.14. The van der Waals surface area contributed by atoms with Crippen molar-refractivity contribution in [2.24, 2.45) is 0 Å². The van der Waals surface area contributed by atoms with Crippen LogP contribution in [0.3, 0.4) is 0 Å². The third-order valence-electron chi connectivity index (χ3n) is 5.51. The Hall–Kier alpha value is -3.01. The van der Waals surface area contributed by atoms with Crippen molar-refractivity contribution in [3.8, 4) is 0 Å². The van der Waals surface area contributed by atoms with Crippen molar-refractivity contribution in [3.63, 3.8) is 0 Å². The Morgan fingerprint density at radius 2 is 1.88 bits per heavy atom.